The van der Waals surface area contributed by atoms with Crippen LogP contribution in [-0.2, 0) is 11.2 Å². The largest absolute Gasteiger partial charge is 0.334 e. The van der Waals surface area contributed by atoms with E-state index in [1.165, 1.54) is 10.4 Å². The summed E-state index contributed by atoms with van der Waals surface area (Å²) < 4.78 is 0. The zero-order valence-electron chi connectivity index (χ0n) is 10.2. The maximum Gasteiger partial charge on any atom is 0.239 e. The highest BCUT2D eigenvalue weighted by atomic mass is 35.5. The Bertz CT molecular complexity index is 392. The molecule has 0 fully saturated rings. The molecule has 2 rings (SSSR count). The predicted molar refractivity (Wildman–Crippen MR) is 73.7 cm³/mol. The smallest absolute Gasteiger partial charge is 0.239 e. The Morgan fingerprint density at radius 3 is 3.00 bits per heavy atom. The number of carbonyl (C=O) groups excluding carboxylic acids is 1. The van der Waals surface area contributed by atoms with Crippen molar-refractivity contribution in [3.8, 4) is 0 Å². The Hall–Kier alpha value is -0.580. The van der Waals surface area contributed by atoms with Crippen molar-refractivity contribution < 1.29 is 4.79 Å². The van der Waals surface area contributed by atoms with Crippen LogP contribution in [0.1, 0.15) is 36.8 Å². The Labute approximate surface area is 112 Å². The van der Waals surface area contributed by atoms with Crippen molar-refractivity contribution in [2.45, 2.75) is 38.8 Å². The first kappa shape index (κ1) is 14.5. The second kappa shape index (κ2) is 5.85. The van der Waals surface area contributed by atoms with E-state index in [-0.39, 0.29) is 24.4 Å². The standard InChI is InChI=1S/C12H18N2OS.ClH/c1-3-10-9-5-7-16-11(9)4-6-14(10)12(15)8(2)13;/h5,7-8,10H,3-4,6,13H2,1-2H3;1H. The Balaban J connectivity index is 0.00000144. The third kappa shape index (κ3) is 2.64. The van der Waals surface area contributed by atoms with Crippen molar-refractivity contribution in [1.29, 1.82) is 0 Å². The predicted octanol–water partition coefficient (Wildman–Crippen LogP) is 2.35. The van der Waals surface area contributed by atoms with Gasteiger partial charge in [0.25, 0.3) is 0 Å². The molecule has 0 aromatic carbocycles. The summed E-state index contributed by atoms with van der Waals surface area (Å²) >= 11 is 1.80. The summed E-state index contributed by atoms with van der Waals surface area (Å²) in [5, 5.41) is 2.12. The molecule has 0 bridgehead atoms. The Kier molecular flexibility index (Phi) is 4.98. The van der Waals surface area contributed by atoms with Gasteiger partial charge in [0.2, 0.25) is 5.91 Å². The molecule has 0 radical (unpaired) electrons. The van der Waals surface area contributed by atoms with Crippen LogP contribution in [0.5, 0.6) is 0 Å². The minimum Gasteiger partial charge on any atom is -0.334 e. The molecule has 1 aromatic heterocycles. The molecule has 0 saturated carbocycles. The fourth-order valence-corrected chi connectivity index (χ4v) is 3.29. The fraction of sp³-hybridized carbons (Fsp3) is 0.583. The highest BCUT2D eigenvalue weighted by Gasteiger charge is 2.31. The van der Waals surface area contributed by atoms with Gasteiger partial charge in [-0.2, -0.15) is 0 Å². The minimum absolute atomic E-state index is 0. The van der Waals surface area contributed by atoms with Gasteiger partial charge in [-0.1, -0.05) is 6.92 Å². The van der Waals surface area contributed by atoms with Crippen LogP contribution in [0, 0.1) is 0 Å². The molecule has 96 valence electrons. The van der Waals surface area contributed by atoms with E-state index < -0.39 is 6.04 Å². The van der Waals surface area contributed by atoms with E-state index in [1.807, 2.05) is 4.90 Å². The Morgan fingerprint density at radius 2 is 2.41 bits per heavy atom. The molecule has 3 nitrogen and oxygen atoms in total. The summed E-state index contributed by atoms with van der Waals surface area (Å²) in [4.78, 5) is 15.4. The lowest BCUT2D eigenvalue weighted by molar-refractivity contribution is -0.135. The van der Waals surface area contributed by atoms with Crippen LogP contribution >= 0.6 is 23.7 Å². The second-order valence-corrected chi connectivity index (χ2v) is 5.29. The van der Waals surface area contributed by atoms with Crippen molar-refractivity contribution in [3.05, 3.63) is 21.9 Å². The molecule has 1 aromatic rings. The number of hydrogen-bond acceptors (Lipinski definition) is 3. The van der Waals surface area contributed by atoms with E-state index in [2.05, 4.69) is 18.4 Å². The van der Waals surface area contributed by atoms with Crippen LogP contribution in [-0.4, -0.2) is 23.4 Å². The normalized spacial score (nSPS) is 20.4. The third-order valence-electron chi connectivity index (χ3n) is 3.15. The molecule has 0 saturated heterocycles. The maximum absolute atomic E-state index is 12.0. The zero-order chi connectivity index (χ0) is 11.7. The van der Waals surface area contributed by atoms with Gasteiger partial charge < -0.3 is 10.6 Å². The summed E-state index contributed by atoms with van der Waals surface area (Å²) in [7, 11) is 0. The number of amides is 1. The first-order valence-electron chi connectivity index (χ1n) is 5.77. The van der Waals surface area contributed by atoms with E-state index >= 15 is 0 Å². The maximum atomic E-state index is 12.0. The monoisotopic (exact) mass is 274 g/mol. The van der Waals surface area contributed by atoms with E-state index in [0.29, 0.717) is 0 Å². The highest BCUT2D eigenvalue weighted by Crippen LogP contribution is 2.35. The molecule has 1 aliphatic heterocycles. The molecule has 0 aliphatic carbocycles. The molecule has 2 heterocycles. The molecule has 0 spiro atoms. The van der Waals surface area contributed by atoms with Gasteiger partial charge in [0.1, 0.15) is 0 Å². The van der Waals surface area contributed by atoms with Gasteiger partial charge in [-0.15, -0.1) is 23.7 Å². The fourth-order valence-electron chi connectivity index (χ4n) is 2.36. The number of nitrogens with zero attached hydrogens (tertiary/aromatic N) is 1. The van der Waals surface area contributed by atoms with Gasteiger partial charge in [-0.25, -0.2) is 0 Å². The summed E-state index contributed by atoms with van der Waals surface area (Å²) in [6.45, 7) is 4.70. The van der Waals surface area contributed by atoms with Crippen molar-refractivity contribution in [2.75, 3.05) is 6.54 Å². The first-order chi connectivity index (χ1) is 7.65. The summed E-state index contributed by atoms with van der Waals surface area (Å²) in [6, 6.07) is 1.98. The molecule has 2 unspecified atom stereocenters. The second-order valence-electron chi connectivity index (χ2n) is 4.29. The van der Waals surface area contributed by atoms with Crippen LogP contribution in [0.3, 0.4) is 0 Å². The zero-order valence-corrected chi connectivity index (χ0v) is 11.8. The molecule has 2 N–H and O–H groups in total. The lowest BCUT2D eigenvalue weighted by atomic mass is 9.97. The van der Waals surface area contributed by atoms with Gasteiger partial charge in [0, 0.05) is 11.4 Å². The van der Waals surface area contributed by atoms with E-state index in [9.17, 15) is 4.79 Å². The lowest BCUT2D eigenvalue weighted by Gasteiger charge is -2.36. The number of thiophene rings is 1. The molecule has 5 heteroatoms. The molecule has 17 heavy (non-hydrogen) atoms. The minimum atomic E-state index is -0.394. The van der Waals surface area contributed by atoms with Crippen LogP contribution < -0.4 is 5.73 Å². The number of carbonyl (C=O) groups is 1. The molecule has 2 atom stereocenters. The van der Waals surface area contributed by atoms with Gasteiger partial charge in [0.05, 0.1) is 12.1 Å². The van der Waals surface area contributed by atoms with Gasteiger partial charge in [-0.05, 0) is 36.8 Å². The molecule has 1 aliphatic rings. The van der Waals surface area contributed by atoms with Crippen LogP contribution in [0.25, 0.3) is 0 Å². The van der Waals surface area contributed by atoms with Crippen LogP contribution in [0.4, 0.5) is 0 Å². The van der Waals surface area contributed by atoms with Gasteiger partial charge >= 0.3 is 0 Å². The average Bonchev–Trinajstić information content (AvgIpc) is 2.74. The number of rotatable bonds is 2. The highest BCUT2D eigenvalue weighted by molar-refractivity contribution is 7.10. The van der Waals surface area contributed by atoms with Crippen molar-refractivity contribution >= 4 is 29.7 Å². The third-order valence-corrected chi connectivity index (χ3v) is 4.15. The summed E-state index contributed by atoms with van der Waals surface area (Å²) in [5.41, 5.74) is 7.02. The van der Waals surface area contributed by atoms with E-state index in [1.54, 1.807) is 18.3 Å². The Morgan fingerprint density at radius 1 is 1.71 bits per heavy atom. The van der Waals surface area contributed by atoms with E-state index in [0.717, 1.165) is 19.4 Å². The van der Waals surface area contributed by atoms with Crippen LogP contribution in [0.15, 0.2) is 11.4 Å². The summed E-state index contributed by atoms with van der Waals surface area (Å²) in [5.74, 6) is 0.0729. The number of hydrogen-bond donors (Lipinski definition) is 1. The lowest BCUT2D eigenvalue weighted by Crippen LogP contribution is -2.46. The SMILES string of the molecule is CCC1c2ccsc2CCN1C(=O)C(C)N.Cl. The van der Waals surface area contributed by atoms with Crippen molar-refractivity contribution in [1.82, 2.24) is 4.90 Å². The number of halogens is 1. The number of fused-ring (bicyclic) bond motifs is 1. The van der Waals surface area contributed by atoms with Gasteiger partial charge in [-0.3, -0.25) is 4.79 Å². The van der Waals surface area contributed by atoms with E-state index in [4.69, 9.17) is 5.73 Å². The first-order valence-corrected chi connectivity index (χ1v) is 6.65. The molecule has 1 amide bonds. The quantitative estimate of drug-likeness (QED) is 0.900. The van der Waals surface area contributed by atoms with Crippen LogP contribution in [0.2, 0.25) is 0 Å². The van der Waals surface area contributed by atoms with Gasteiger partial charge in [0.15, 0.2) is 0 Å². The molecular formula is C12H19ClN2OS. The number of nitrogens with two attached hydrogens (primary N) is 1. The molecular weight excluding hydrogens is 256 g/mol. The summed E-state index contributed by atoms with van der Waals surface area (Å²) in [6.07, 6.45) is 1.93. The average molecular weight is 275 g/mol. The topological polar surface area (TPSA) is 46.3 Å². The van der Waals surface area contributed by atoms with Crippen molar-refractivity contribution in [2.24, 2.45) is 5.73 Å². The van der Waals surface area contributed by atoms with Crippen molar-refractivity contribution in [3.63, 3.8) is 0 Å².